The summed E-state index contributed by atoms with van der Waals surface area (Å²) in [5.41, 5.74) is 8.98. The molecule has 0 saturated carbocycles. The van der Waals surface area contributed by atoms with Gasteiger partial charge in [0.15, 0.2) is 0 Å². The molecule has 3 atom stereocenters. The van der Waals surface area contributed by atoms with Crippen LogP contribution in [0, 0.1) is 5.92 Å². The summed E-state index contributed by atoms with van der Waals surface area (Å²) in [7, 11) is 0. The molecular weight excluding hydrogens is 314 g/mol. The van der Waals surface area contributed by atoms with Crippen LogP contribution in [0.3, 0.4) is 0 Å². The number of hydrogen-bond acceptors (Lipinski definition) is 3. The number of amides is 2. The maximum absolute atomic E-state index is 12.2. The van der Waals surface area contributed by atoms with E-state index in [0.717, 1.165) is 29.7 Å². The first-order valence-electron chi connectivity index (χ1n) is 7.91. The van der Waals surface area contributed by atoms with Crippen LogP contribution in [0.5, 0.6) is 0 Å². The molecule has 5 nitrogen and oxygen atoms in total. The van der Waals surface area contributed by atoms with Gasteiger partial charge < -0.3 is 16.4 Å². The fourth-order valence-corrected chi connectivity index (χ4v) is 2.58. The second-order valence-corrected chi connectivity index (χ2v) is 6.11. The van der Waals surface area contributed by atoms with Gasteiger partial charge in [-0.1, -0.05) is 32.4 Å². The van der Waals surface area contributed by atoms with Gasteiger partial charge in [0.2, 0.25) is 11.8 Å². The van der Waals surface area contributed by atoms with Gasteiger partial charge in [0.05, 0.1) is 12.1 Å². The first-order chi connectivity index (χ1) is 10.4. The van der Waals surface area contributed by atoms with Crippen LogP contribution in [-0.2, 0) is 16.0 Å². The average molecular weight is 340 g/mol. The van der Waals surface area contributed by atoms with E-state index >= 15 is 0 Å². The summed E-state index contributed by atoms with van der Waals surface area (Å²) >= 11 is 0. The second-order valence-electron chi connectivity index (χ2n) is 6.11. The first kappa shape index (κ1) is 19.5. The Bertz CT molecular complexity index is 577. The van der Waals surface area contributed by atoms with Crippen LogP contribution in [0.4, 0.5) is 5.69 Å². The minimum Gasteiger partial charge on any atom is -0.348 e. The van der Waals surface area contributed by atoms with E-state index in [4.69, 9.17) is 5.73 Å². The Hall–Kier alpha value is -1.59. The first-order valence-corrected chi connectivity index (χ1v) is 7.91. The highest BCUT2D eigenvalue weighted by molar-refractivity contribution is 5.93. The van der Waals surface area contributed by atoms with Gasteiger partial charge in [0.1, 0.15) is 0 Å². The minimum absolute atomic E-state index is 0. The average Bonchev–Trinajstić information content (AvgIpc) is 2.52. The van der Waals surface area contributed by atoms with E-state index in [9.17, 15) is 9.59 Å². The molecule has 1 aromatic carbocycles. The summed E-state index contributed by atoms with van der Waals surface area (Å²) in [6, 6.07) is 5.30. The molecule has 6 heteroatoms. The van der Waals surface area contributed by atoms with Crippen molar-refractivity contribution < 1.29 is 9.59 Å². The highest BCUT2D eigenvalue weighted by Gasteiger charge is 2.22. The molecule has 1 aliphatic rings. The molecule has 4 N–H and O–H groups in total. The lowest BCUT2D eigenvalue weighted by Crippen LogP contribution is -2.45. The van der Waals surface area contributed by atoms with E-state index in [1.807, 2.05) is 32.9 Å². The van der Waals surface area contributed by atoms with Crippen LogP contribution < -0.4 is 16.4 Å². The molecule has 0 aliphatic carbocycles. The number of anilines is 1. The number of carbonyl (C=O) groups is 2. The molecule has 1 heterocycles. The molecule has 128 valence electrons. The number of benzene rings is 1. The molecule has 1 aromatic rings. The Morgan fingerprint density at radius 1 is 1.35 bits per heavy atom. The van der Waals surface area contributed by atoms with E-state index in [2.05, 4.69) is 16.7 Å². The maximum Gasteiger partial charge on any atom is 0.237 e. The molecule has 0 radical (unpaired) electrons. The van der Waals surface area contributed by atoms with Gasteiger partial charge in [0.25, 0.3) is 0 Å². The highest BCUT2D eigenvalue weighted by Crippen LogP contribution is 2.26. The summed E-state index contributed by atoms with van der Waals surface area (Å²) in [6.45, 7) is 5.96. The summed E-state index contributed by atoms with van der Waals surface area (Å²) in [5, 5.41) is 5.84. The molecule has 0 aromatic heterocycles. The molecule has 1 aliphatic heterocycles. The van der Waals surface area contributed by atoms with Gasteiger partial charge in [-0.25, -0.2) is 0 Å². The maximum atomic E-state index is 12.2. The van der Waals surface area contributed by atoms with E-state index in [-0.39, 0.29) is 36.2 Å². The van der Waals surface area contributed by atoms with Crippen LogP contribution in [0.15, 0.2) is 18.2 Å². The summed E-state index contributed by atoms with van der Waals surface area (Å²) in [6.07, 6.45) is 2.12. The zero-order valence-electron chi connectivity index (χ0n) is 13.9. The topological polar surface area (TPSA) is 84.2 Å². The smallest absolute Gasteiger partial charge is 0.237 e. The standard InChI is InChI=1S/C17H25N3O2.ClH/c1-4-10(2)16(18)17(22)19-11(3)12-5-7-14-13(9-12)6-8-15(21)20-14;/h5,7,9-11,16H,4,6,8,18H2,1-3H3,(H,19,22)(H,20,21);1H. The summed E-state index contributed by atoms with van der Waals surface area (Å²) < 4.78 is 0. The number of nitrogens with one attached hydrogen (secondary N) is 2. The zero-order valence-corrected chi connectivity index (χ0v) is 14.7. The fraction of sp³-hybridized carbons (Fsp3) is 0.529. The highest BCUT2D eigenvalue weighted by atomic mass is 35.5. The number of halogens is 1. The second kappa shape index (κ2) is 8.31. The predicted molar refractivity (Wildman–Crippen MR) is 94.6 cm³/mol. The molecule has 0 spiro atoms. The SMILES string of the molecule is CCC(C)C(N)C(=O)NC(C)c1ccc2c(c1)CCC(=O)N2.Cl. The van der Waals surface area contributed by atoms with E-state index in [0.29, 0.717) is 6.42 Å². The van der Waals surface area contributed by atoms with Crippen molar-refractivity contribution in [3.05, 3.63) is 29.3 Å². The monoisotopic (exact) mass is 339 g/mol. The van der Waals surface area contributed by atoms with Gasteiger partial charge in [-0.05, 0) is 36.5 Å². The van der Waals surface area contributed by atoms with Gasteiger partial charge in [0, 0.05) is 12.1 Å². The van der Waals surface area contributed by atoms with Crippen LogP contribution in [0.25, 0.3) is 0 Å². The number of nitrogens with two attached hydrogens (primary N) is 1. The Morgan fingerprint density at radius 2 is 2.04 bits per heavy atom. The largest absolute Gasteiger partial charge is 0.348 e. The van der Waals surface area contributed by atoms with Crippen LogP contribution >= 0.6 is 12.4 Å². The Balaban J connectivity index is 0.00000264. The predicted octanol–water partition coefficient (Wildman–Crippen LogP) is 2.54. The van der Waals surface area contributed by atoms with Crippen molar-refractivity contribution in [1.29, 1.82) is 0 Å². The van der Waals surface area contributed by atoms with Crippen molar-refractivity contribution in [3.8, 4) is 0 Å². The lowest BCUT2D eigenvalue weighted by Gasteiger charge is -2.23. The summed E-state index contributed by atoms with van der Waals surface area (Å²) in [5.74, 6) is 0.0972. The van der Waals surface area contributed by atoms with Crippen LogP contribution in [0.2, 0.25) is 0 Å². The number of hydrogen-bond donors (Lipinski definition) is 3. The Morgan fingerprint density at radius 3 is 2.70 bits per heavy atom. The third-order valence-corrected chi connectivity index (χ3v) is 4.44. The van der Waals surface area contributed by atoms with Gasteiger partial charge in [-0.2, -0.15) is 0 Å². The Kier molecular flexibility index (Phi) is 7.03. The van der Waals surface area contributed by atoms with Crippen LogP contribution in [0.1, 0.15) is 50.8 Å². The number of rotatable bonds is 5. The number of fused-ring (bicyclic) bond motifs is 1. The number of carbonyl (C=O) groups excluding carboxylic acids is 2. The van der Waals surface area contributed by atoms with Gasteiger partial charge >= 0.3 is 0 Å². The molecule has 23 heavy (non-hydrogen) atoms. The molecule has 3 unspecified atom stereocenters. The van der Waals surface area contributed by atoms with Crippen molar-refractivity contribution in [1.82, 2.24) is 5.32 Å². The quantitative estimate of drug-likeness (QED) is 0.770. The normalized spacial score (nSPS) is 17.1. The van der Waals surface area contributed by atoms with E-state index in [1.54, 1.807) is 0 Å². The van der Waals surface area contributed by atoms with Gasteiger partial charge in [-0.15, -0.1) is 12.4 Å². The zero-order chi connectivity index (χ0) is 16.3. The van der Waals surface area contributed by atoms with Crippen LogP contribution in [-0.4, -0.2) is 17.9 Å². The van der Waals surface area contributed by atoms with Crippen molar-refractivity contribution in [3.63, 3.8) is 0 Å². The molecule has 0 saturated heterocycles. The lowest BCUT2D eigenvalue weighted by atomic mass is 9.96. The van der Waals surface area contributed by atoms with Gasteiger partial charge in [-0.3, -0.25) is 9.59 Å². The van der Waals surface area contributed by atoms with Crippen molar-refractivity contribution >= 4 is 29.9 Å². The van der Waals surface area contributed by atoms with E-state index in [1.165, 1.54) is 0 Å². The van der Waals surface area contributed by atoms with Crippen molar-refractivity contribution in [2.24, 2.45) is 11.7 Å². The molecule has 0 bridgehead atoms. The minimum atomic E-state index is -0.482. The molecule has 0 fully saturated rings. The van der Waals surface area contributed by atoms with Crippen molar-refractivity contribution in [2.75, 3.05) is 5.32 Å². The molecule has 2 amide bonds. The third-order valence-electron chi connectivity index (χ3n) is 4.44. The fourth-order valence-electron chi connectivity index (χ4n) is 2.58. The van der Waals surface area contributed by atoms with E-state index < -0.39 is 6.04 Å². The molecular formula is C17H26ClN3O2. The van der Waals surface area contributed by atoms with Crippen molar-refractivity contribution in [2.45, 2.75) is 52.1 Å². The molecule has 2 rings (SSSR count). The lowest BCUT2D eigenvalue weighted by molar-refractivity contribution is -0.124. The summed E-state index contributed by atoms with van der Waals surface area (Å²) in [4.78, 5) is 23.5. The third kappa shape index (κ3) is 4.69. The Labute approximate surface area is 143 Å². The number of aryl methyl sites for hydroxylation is 1.